The fourth-order valence-corrected chi connectivity index (χ4v) is 1.63. The van der Waals surface area contributed by atoms with E-state index < -0.39 is 0 Å². The van der Waals surface area contributed by atoms with Gasteiger partial charge in [0, 0.05) is 16.5 Å². The molecule has 1 aromatic carbocycles. The SMILES string of the molecule is CCOc1ccc(Br)c(C(=O)CC)c1. The highest BCUT2D eigenvalue weighted by Crippen LogP contribution is 2.23. The van der Waals surface area contributed by atoms with Crippen LogP contribution in [0.4, 0.5) is 0 Å². The molecule has 0 bridgehead atoms. The Morgan fingerprint density at radius 2 is 2.14 bits per heavy atom. The van der Waals surface area contributed by atoms with Crippen LogP contribution in [-0.2, 0) is 0 Å². The zero-order valence-electron chi connectivity index (χ0n) is 8.34. The summed E-state index contributed by atoms with van der Waals surface area (Å²) in [5.74, 6) is 0.867. The average molecular weight is 257 g/mol. The molecule has 0 unspecified atom stereocenters. The molecule has 2 nitrogen and oxygen atoms in total. The molecule has 0 amide bonds. The second-order valence-corrected chi connectivity index (χ2v) is 3.71. The van der Waals surface area contributed by atoms with Crippen molar-refractivity contribution in [3.63, 3.8) is 0 Å². The van der Waals surface area contributed by atoms with E-state index in [1.807, 2.05) is 26.0 Å². The van der Waals surface area contributed by atoms with Crippen molar-refractivity contribution in [2.45, 2.75) is 20.3 Å². The number of ether oxygens (including phenoxy) is 1. The predicted octanol–water partition coefficient (Wildman–Crippen LogP) is 3.44. The first-order valence-electron chi connectivity index (χ1n) is 4.64. The Bertz CT molecular complexity index is 334. The third-order valence-electron chi connectivity index (χ3n) is 1.87. The average Bonchev–Trinajstić information content (AvgIpc) is 2.20. The van der Waals surface area contributed by atoms with Gasteiger partial charge in [0.2, 0.25) is 0 Å². The molecule has 0 aliphatic carbocycles. The molecule has 0 spiro atoms. The number of hydrogen-bond donors (Lipinski definition) is 0. The topological polar surface area (TPSA) is 26.3 Å². The maximum absolute atomic E-state index is 11.5. The van der Waals surface area contributed by atoms with Crippen molar-refractivity contribution in [1.29, 1.82) is 0 Å². The van der Waals surface area contributed by atoms with Crippen LogP contribution in [0.15, 0.2) is 22.7 Å². The molecule has 0 saturated carbocycles. The number of benzene rings is 1. The zero-order valence-corrected chi connectivity index (χ0v) is 9.93. The second-order valence-electron chi connectivity index (χ2n) is 2.85. The minimum atomic E-state index is 0.124. The van der Waals surface area contributed by atoms with E-state index in [0.29, 0.717) is 18.6 Å². The molecule has 0 radical (unpaired) electrons. The first-order chi connectivity index (χ1) is 6.69. The minimum Gasteiger partial charge on any atom is -0.494 e. The number of carbonyl (C=O) groups excluding carboxylic acids is 1. The normalized spacial score (nSPS) is 9.93. The summed E-state index contributed by atoms with van der Waals surface area (Å²) in [6.45, 7) is 4.38. The van der Waals surface area contributed by atoms with Crippen molar-refractivity contribution >= 4 is 21.7 Å². The van der Waals surface area contributed by atoms with Crippen LogP contribution in [0.3, 0.4) is 0 Å². The Kier molecular flexibility index (Phi) is 4.14. The number of Topliss-reactive ketones (excluding diaryl/α,β-unsaturated/α-hetero) is 1. The number of hydrogen-bond acceptors (Lipinski definition) is 2. The number of ketones is 1. The molecule has 1 aromatic rings. The van der Waals surface area contributed by atoms with Crippen LogP contribution < -0.4 is 4.74 Å². The summed E-state index contributed by atoms with van der Waals surface area (Å²) >= 11 is 3.35. The Morgan fingerprint density at radius 3 is 2.71 bits per heavy atom. The summed E-state index contributed by atoms with van der Waals surface area (Å²) in [7, 11) is 0. The summed E-state index contributed by atoms with van der Waals surface area (Å²) < 4.78 is 6.15. The number of rotatable bonds is 4. The zero-order chi connectivity index (χ0) is 10.6. The van der Waals surface area contributed by atoms with Crippen LogP contribution in [0.5, 0.6) is 5.75 Å². The van der Waals surface area contributed by atoms with E-state index in [4.69, 9.17) is 4.74 Å². The molecule has 0 heterocycles. The first kappa shape index (κ1) is 11.2. The van der Waals surface area contributed by atoms with Crippen LogP contribution in [0, 0.1) is 0 Å². The summed E-state index contributed by atoms with van der Waals surface area (Å²) in [4.78, 5) is 11.5. The van der Waals surface area contributed by atoms with Gasteiger partial charge < -0.3 is 4.74 Å². The van der Waals surface area contributed by atoms with Crippen LogP contribution in [0.25, 0.3) is 0 Å². The molecule has 0 atom stereocenters. The van der Waals surface area contributed by atoms with Gasteiger partial charge >= 0.3 is 0 Å². The Morgan fingerprint density at radius 1 is 1.43 bits per heavy atom. The van der Waals surface area contributed by atoms with Gasteiger partial charge in [0.15, 0.2) is 5.78 Å². The van der Waals surface area contributed by atoms with Crippen molar-refractivity contribution in [3.8, 4) is 5.75 Å². The second kappa shape index (κ2) is 5.15. The molecule has 0 N–H and O–H groups in total. The maximum atomic E-state index is 11.5. The van der Waals surface area contributed by atoms with Crippen molar-refractivity contribution in [3.05, 3.63) is 28.2 Å². The van der Waals surface area contributed by atoms with Gasteiger partial charge in [-0.25, -0.2) is 0 Å². The molecule has 3 heteroatoms. The highest BCUT2D eigenvalue weighted by Gasteiger charge is 2.08. The first-order valence-corrected chi connectivity index (χ1v) is 5.43. The number of halogens is 1. The lowest BCUT2D eigenvalue weighted by Gasteiger charge is -2.06. The lowest BCUT2D eigenvalue weighted by atomic mass is 10.1. The van der Waals surface area contributed by atoms with Crippen molar-refractivity contribution in [2.24, 2.45) is 0 Å². The van der Waals surface area contributed by atoms with Gasteiger partial charge in [-0.15, -0.1) is 0 Å². The summed E-state index contributed by atoms with van der Waals surface area (Å²) in [5.41, 5.74) is 0.693. The predicted molar refractivity (Wildman–Crippen MR) is 59.9 cm³/mol. The fraction of sp³-hybridized carbons (Fsp3) is 0.364. The van der Waals surface area contributed by atoms with Crippen molar-refractivity contribution in [2.75, 3.05) is 6.61 Å². The van der Waals surface area contributed by atoms with Crippen LogP contribution in [0.1, 0.15) is 30.6 Å². The van der Waals surface area contributed by atoms with E-state index in [1.165, 1.54) is 0 Å². The summed E-state index contributed by atoms with van der Waals surface area (Å²) in [6.07, 6.45) is 0.508. The van der Waals surface area contributed by atoms with Gasteiger partial charge in [0.1, 0.15) is 5.75 Å². The van der Waals surface area contributed by atoms with Crippen molar-refractivity contribution < 1.29 is 9.53 Å². The molecule has 0 saturated heterocycles. The lowest BCUT2D eigenvalue weighted by molar-refractivity contribution is 0.0987. The third-order valence-corrected chi connectivity index (χ3v) is 2.56. The lowest BCUT2D eigenvalue weighted by Crippen LogP contribution is -1.99. The van der Waals surface area contributed by atoms with E-state index in [-0.39, 0.29) is 5.78 Å². The maximum Gasteiger partial charge on any atom is 0.163 e. The Balaban J connectivity index is 3.01. The largest absolute Gasteiger partial charge is 0.494 e. The smallest absolute Gasteiger partial charge is 0.163 e. The van der Waals surface area contributed by atoms with Crippen LogP contribution >= 0.6 is 15.9 Å². The highest BCUT2D eigenvalue weighted by atomic mass is 79.9. The van der Waals surface area contributed by atoms with E-state index in [9.17, 15) is 4.79 Å². The van der Waals surface area contributed by atoms with Gasteiger partial charge in [-0.05, 0) is 25.1 Å². The van der Waals surface area contributed by atoms with Crippen molar-refractivity contribution in [1.82, 2.24) is 0 Å². The molecular weight excluding hydrogens is 244 g/mol. The van der Waals surface area contributed by atoms with E-state index in [0.717, 1.165) is 10.2 Å². The van der Waals surface area contributed by atoms with E-state index >= 15 is 0 Å². The van der Waals surface area contributed by atoms with Gasteiger partial charge in [0.25, 0.3) is 0 Å². The van der Waals surface area contributed by atoms with Gasteiger partial charge in [-0.2, -0.15) is 0 Å². The quantitative estimate of drug-likeness (QED) is 0.772. The molecule has 0 fully saturated rings. The van der Waals surface area contributed by atoms with Gasteiger partial charge in [-0.1, -0.05) is 22.9 Å². The van der Waals surface area contributed by atoms with E-state index in [1.54, 1.807) is 6.07 Å². The molecule has 0 aromatic heterocycles. The van der Waals surface area contributed by atoms with Gasteiger partial charge in [0.05, 0.1) is 6.61 Å². The summed E-state index contributed by atoms with van der Waals surface area (Å²) in [5, 5.41) is 0. The monoisotopic (exact) mass is 256 g/mol. The summed E-state index contributed by atoms with van der Waals surface area (Å²) in [6, 6.07) is 5.47. The standard InChI is InChI=1S/C11H13BrO2/c1-3-11(13)9-7-8(14-4-2)5-6-10(9)12/h5-7H,3-4H2,1-2H3. The molecule has 0 aliphatic heterocycles. The minimum absolute atomic E-state index is 0.124. The molecule has 76 valence electrons. The van der Waals surface area contributed by atoms with E-state index in [2.05, 4.69) is 15.9 Å². The molecule has 1 rings (SSSR count). The highest BCUT2D eigenvalue weighted by molar-refractivity contribution is 9.10. The molecule has 14 heavy (non-hydrogen) atoms. The molecular formula is C11H13BrO2. The Labute approximate surface area is 92.4 Å². The Hall–Kier alpha value is -0.830. The van der Waals surface area contributed by atoms with Gasteiger partial charge in [-0.3, -0.25) is 4.79 Å². The third kappa shape index (κ3) is 2.58. The number of carbonyl (C=O) groups is 1. The van der Waals surface area contributed by atoms with Crippen LogP contribution in [0.2, 0.25) is 0 Å². The molecule has 0 aliphatic rings. The fourth-order valence-electron chi connectivity index (χ4n) is 1.16. The van der Waals surface area contributed by atoms with Crippen LogP contribution in [-0.4, -0.2) is 12.4 Å².